The molecule has 1 aromatic rings. The molecule has 0 radical (unpaired) electrons. The van der Waals surface area contributed by atoms with Crippen molar-refractivity contribution in [2.75, 3.05) is 18.9 Å². The summed E-state index contributed by atoms with van der Waals surface area (Å²) in [6, 6.07) is 0.359. The van der Waals surface area contributed by atoms with Crippen molar-refractivity contribution in [3.8, 4) is 0 Å². The average molecular weight is 290 g/mol. The van der Waals surface area contributed by atoms with Crippen molar-refractivity contribution in [1.29, 1.82) is 0 Å². The van der Waals surface area contributed by atoms with E-state index in [2.05, 4.69) is 28.7 Å². The molecule has 1 aromatic heterocycles. The Morgan fingerprint density at radius 1 is 1.43 bits per heavy atom. The largest absolute Gasteiger partial charge is 0.356 e. The van der Waals surface area contributed by atoms with E-state index in [4.69, 9.17) is 0 Å². The highest BCUT2D eigenvalue weighted by Gasteiger charge is 2.31. The third-order valence-electron chi connectivity index (χ3n) is 5.03. The molecule has 2 aliphatic rings. The molecule has 116 valence electrons. The average Bonchev–Trinajstić information content (AvgIpc) is 2.89. The van der Waals surface area contributed by atoms with Crippen LogP contribution in [0.15, 0.2) is 6.20 Å². The van der Waals surface area contributed by atoms with Gasteiger partial charge in [0.25, 0.3) is 5.91 Å². The monoisotopic (exact) mass is 290 g/mol. The van der Waals surface area contributed by atoms with Crippen LogP contribution in [0.3, 0.4) is 0 Å². The number of hydrogen-bond donors (Lipinski definition) is 1. The van der Waals surface area contributed by atoms with Crippen LogP contribution >= 0.6 is 0 Å². The van der Waals surface area contributed by atoms with Gasteiger partial charge in [-0.3, -0.25) is 4.79 Å². The summed E-state index contributed by atoms with van der Waals surface area (Å²) in [7, 11) is 1.93. The van der Waals surface area contributed by atoms with Gasteiger partial charge in [-0.25, -0.2) is 4.98 Å². The topological polar surface area (TPSA) is 50.2 Å². The first-order valence-corrected chi connectivity index (χ1v) is 8.04. The van der Waals surface area contributed by atoms with E-state index in [0.29, 0.717) is 17.2 Å². The predicted octanol–water partition coefficient (Wildman–Crippen LogP) is 2.74. The van der Waals surface area contributed by atoms with Crippen molar-refractivity contribution >= 4 is 11.9 Å². The van der Waals surface area contributed by atoms with Gasteiger partial charge in [-0.15, -0.1) is 0 Å². The van der Waals surface area contributed by atoms with E-state index in [0.717, 1.165) is 38.3 Å². The summed E-state index contributed by atoms with van der Waals surface area (Å²) in [5.74, 6) is 0.895. The highest BCUT2D eigenvalue weighted by atomic mass is 16.2. The predicted molar refractivity (Wildman–Crippen MR) is 83.5 cm³/mol. The maximum Gasteiger partial charge on any atom is 0.274 e. The van der Waals surface area contributed by atoms with Gasteiger partial charge < -0.3 is 14.8 Å². The minimum absolute atomic E-state index is 0.0587. The first kappa shape index (κ1) is 14.4. The Labute approximate surface area is 126 Å². The SMILES string of the molecule is CN(C(=O)c1cn2c(n1)NCCC2)C1CCC(C)(C)CC1. The van der Waals surface area contributed by atoms with Crippen LogP contribution < -0.4 is 5.32 Å². The van der Waals surface area contributed by atoms with Gasteiger partial charge in [0.05, 0.1) is 0 Å². The third kappa shape index (κ3) is 2.92. The number of amides is 1. The maximum atomic E-state index is 12.6. The Morgan fingerprint density at radius 3 is 2.81 bits per heavy atom. The quantitative estimate of drug-likeness (QED) is 0.911. The highest BCUT2D eigenvalue weighted by Crippen LogP contribution is 2.36. The molecule has 21 heavy (non-hydrogen) atoms. The molecular weight excluding hydrogens is 264 g/mol. The van der Waals surface area contributed by atoms with Gasteiger partial charge in [0.15, 0.2) is 0 Å². The van der Waals surface area contributed by atoms with Gasteiger partial charge in [-0.05, 0) is 37.5 Å². The van der Waals surface area contributed by atoms with E-state index in [1.54, 1.807) is 0 Å². The zero-order valence-corrected chi connectivity index (χ0v) is 13.4. The molecule has 0 spiro atoms. The summed E-state index contributed by atoms with van der Waals surface area (Å²) in [5, 5.41) is 3.25. The molecule has 0 unspecified atom stereocenters. The highest BCUT2D eigenvalue weighted by molar-refractivity contribution is 5.92. The van der Waals surface area contributed by atoms with E-state index in [9.17, 15) is 4.79 Å². The standard InChI is InChI=1S/C16H26N4O/c1-16(2)7-5-12(6-8-16)19(3)14(21)13-11-20-10-4-9-17-15(20)18-13/h11-12H,4-10H2,1-3H3,(H,17,18). The molecule has 5 heteroatoms. The van der Waals surface area contributed by atoms with Crippen molar-refractivity contribution in [1.82, 2.24) is 14.5 Å². The summed E-state index contributed by atoms with van der Waals surface area (Å²) >= 11 is 0. The molecule has 1 fully saturated rings. The van der Waals surface area contributed by atoms with Crippen LogP contribution in [0.2, 0.25) is 0 Å². The number of nitrogens with zero attached hydrogens (tertiary/aromatic N) is 3. The van der Waals surface area contributed by atoms with Gasteiger partial charge in [0.2, 0.25) is 5.95 Å². The number of imidazole rings is 1. The molecule has 0 aromatic carbocycles. The van der Waals surface area contributed by atoms with Crippen molar-refractivity contribution in [3.05, 3.63) is 11.9 Å². The van der Waals surface area contributed by atoms with Gasteiger partial charge in [-0.2, -0.15) is 0 Å². The summed E-state index contributed by atoms with van der Waals surface area (Å²) in [6.45, 7) is 6.53. The molecular formula is C16H26N4O. The number of aryl methyl sites for hydroxylation is 1. The molecule has 2 heterocycles. The van der Waals surface area contributed by atoms with Crippen molar-refractivity contribution in [3.63, 3.8) is 0 Å². The number of rotatable bonds is 2. The van der Waals surface area contributed by atoms with Crippen LogP contribution in [0.5, 0.6) is 0 Å². The second kappa shape index (κ2) is 5.35. The number of hydrogen-bond acceptors (Lipinski definition) is 3. The maximum absolute atomic E-state index is 12.6. The third-order valence-corrected chi connectivity index (χ3v) is 5.03. The molecule has 0 saturated heterocycles. The second-order valence-corrected chi connectivity index (χ2v) is 7.23. The fourth-order valence-corrected chi connectivity index (χ4v) is 3.40. The van der Waals surface area contributed by atoms with Crippen LogP contribution in [0, 0.1) is 5.41 Å². The Balaban J connectivity index is 1.68. The molecule has 1 N–H and O–H groups in total. The van der Waals surface area contributed by atoms with Gasteiger partial charge >= 0.3 is 0 Å². The smallest absolute Gasteiger partial charge is 0.274 e. The van der Waals surface area contributed by atoms with Gasteiger partial charge in [0, 0.05) is 32.4 Å². The zero-order valence-electron chi connectivity index (χ0n) is 13.4. The molecule has 0 bridgehead atoms. The lowest BCUT2D eigenvalue weighted by atomic mass is 9.75. The Bertz CT molecular complexity index is 501. The Morgan fingerprint density at radius 2 is 2.14 bits per heavy atom. The van der Waals surface area contributed by atoms with E-state index in [1.165, 1.54) is 12.8 Å². The number of carbonyl (C=O) groups is 1. The fourth-order valence-electron chi connectivity index (χ4n) is 3.40. The summed E-state index contributed by atoms with van der Waals surface area (Å²) in [5.41, 5.74) is 1.00. The Kier molecular flexibility index (Phi) is 3.68. The minimum Gasteiger partial charge on any atom is -0.356 e. The number of aromatic nitrogens is 2. The molecule has 3 rings (SSSR count). The molecule has 0 atom stereocenters. The molecule has 1 amide bonds. The van der Waals surface area contributed by atoms with Crippen LogP contribution in [-0.2, 0) is 6.54 Å². The second-order valence-electron chi connectivity index (χ2n) is 7.23. The molecule has 1 saturated carbocycles. The number of nitrogens with one attached hydrogen (secondary N) is 1. The fraction of sp³-hybridized carbons (Fsp3) is 0.750. The summed E-state index contributed by atoms with van der Waals surface area (Å²) in [6.07, 6.45) is 7.56. The van der Waals surface area contributed by atoms with E-state index >= 15 is 0 Å². The molecule has 5 nitrogen and oxygen atoms in total. The molecule has 1 aliphatic carbocycles. The normalized spacial score (nSPS) is 21.5. The first-order chi connectivity index (χ1) is 9.96. The van der Waals surface area contributed by atoms with E-state index in [1.807, 2.05) is 18.1 Å². The molecule has 1 aliphatic heterocycles. The minimum atomic E-state index is 0.0587. The van der Waals surface area contributed by atoms with Crippen LogP contribution in [0.1, 0.15) is 56.4 Å². The van der Waals surface area contributed by atoms with Gasteiger partial charge in [-0.1, -0.05) is 13.8 Å². The summed E-state index contributed by atoms with van der Waals surface area (Å²) < 4.78 is 2.05. The number of fused-ring (bicyclic) bond motifs is 1. The van der Waals surface area contributed by atoms with Crippen molar-refractivity contribution in [2.45, 2.75) is 58.5 Å². The summed E-state index contributed by atoms with van der Waals surface area (Å²) in [4.78, 5) is 19.0. The lowest BCUT2D eigenvalue weighted by Crippen LogP contribution is -2.41. The first-order valence-electron chi connectivity index (χ1n) is 8.04. The van der Waals surface area contributed by atoms with Gasteiger partial charge in [0.1, 0.15) is 5.69 Å². The lowest BCUT2D eigenvalue weighted by Gasteiger charge is -2.38. The van der Waals surface area contributed by atoms with Crippen LogP contribution in [-0.4, -0.2) is 40.0 Å². The number of anilines is 1. The van der Waals surface area contributed by atoms with E-state index < -0.39 is 0 Å². The number of carbonyl (C=O) groups excluding carboxylic acids is 1. The lowest BCUT2D eigenvalue weighted by molar-refractivity contribution is 0.0630. The zero-order chi connectivity index (χ0) is 15.0. The van der Waals surface area contributed by atoms with Crippen molar-refractivity contribution < 1.29 is 4.79 Å². The van der Waals surface area contributed by atoms with Crippen LogP contribution in [0.25, 0.3) is 0 Å². The Hall–Kier alpha value is -1.52. The van der Waals surface area contributed by atoms with Crippen molar-refractivity contribution in [2.24, 2.45) is 5.41 Å². The van der Waals surface area contributed by atoms with Crippen LogP contribution in [0.4, 0.5) is 5.95 Å². The van der Waals surface area contributed by atoms with E-state index in [-0.39, 0.29) is 5.91 Å².